The third-order valence-corrected chi connectivity index (χ3v) is 7.32. The van der Waals surface area contributed by atoms with Gasteiger partial charge in [-0.2, -0.15) is 10.1 Å². The van der Waals surface area contributed by atoms with Crippen molar-refractivity contribution in [1.82, 2.24) is 39.6 Å². The zero-order chi connectivity index (χ0) is 28.3. The van der Waals surface area contributed by atoms with Crippen molar-refractivity contribution >= 4 is 28.5 Å². The highest BCUT2D eigenvalue weighted by Gasteiger charge is 2.25. The zero-order valence-electron chi connectivity index (χ0n) is 23.4. The maximum absolute atomic E-state index is 9.02. The van der Waals surface area contributed by atoms with Crippen molar-refractivity contribution in [3.8, 4) is 17.1 Å². The number of nitrogens with zero attached hydrogens (tertiary/aromatic N) is 7. The molecular weight excluding hydrogens is 520 g/mol. The lowest BCUT2D eigenvalue weighted by molar-refractivity contribution is 0.191. The Labute approximate surface area is 237 Å². The van der Waals surface area contributed by atoms with Gasteiger partial charge in [-0.15, -0.1) is 0 Å². The fourth-order valence-electron chi connectivity index (χ4n) is 5.18. The number of aromatic amines is 1. The summed E-state index contributed by atoms with van der Waals surface area (Å²) in [5, 5.41) is 20.9. The van der Waals surface area contributed by atoms with Gasteiger partial charge in [0.25, 0.3) is 0 Å². The summed E-state index contributed by atoms with van der Waals surface area (Å²) in [6, 6.07) is 8.37. The van der Waals surface area contributed by atoms with Gasteiger partial charge in [0.15, 0.2) is 5.82 Å². The van der Waals surface area contributed by atoms with Crippen molar-refractivity contribution in [2.24, 2.45) is 7.05 Å². The molecule has 5 heterocycles. The van der Waals surface area contributed by atoms with Crippen molar-refractivity contribution in [3.05, 3.63) is 65.9 Å². The number of anilines is 3. The van der Waals surface area contributed by atoms with Crippen molar-refractivity contribution < 1.29 is 9.84 Å². The van der Waals surface area contributed by atoms with Crippen LogP contribution >= 0.6 is 0 Å². The van der Waals surface area contributed by atoms with Crippen molar-refractivity contribution in [2.75, 3.05) is 36.9 Å². The lowest BCUT2D eigenvalue weighted by Gasteiger charge is -2.17. The standard InChI is InChI=1S/C29H34N10O2/c1-18-12-33-29(35-24-11-19(2)38(3)37-24)36-27(18)23-13-32-28-20(5-4-6-22(23)28)16-39-9-7-21(17-39)41-26-15-30-14-25(34-26)31-8-10-40/h4-6,11-15,21,32,40H,7-10,16-17H2,1-3H3,(H,31,34)(H,33,35,36,37). The van der Waals surface area contributed by atoms with Gasteiger partial charge in [-0.1, -0.05) is 18.2 Å². The molecule has 1 atom stereocenters. The first kappa shape index (κ1) is 26.7. The Bertz CT molecular complexity index is 1640. The number of aliphatic hydroxyl groups is 1. The van der Waals surface area contributed by atoms with E-state index in [2.05, 4.69) is 58.8 Å². The highest BCUT2D eigenvalue weighted by atomic mass is 16.5. The number of aliphatic hydroxyl groups excluding tert-OH is 1. The lowest BCUT2D eigenvalue weighted by Crippen LogP contribution is -2.25. The second kappa shape index (κ2) is 11.5. The van der Waals surface area contributed by atoms with Crippen LogP contribution in [0.5, 0.6) is 5.88 Å². The highest BCUT2D eigenvalue weighted by Crippen LogP contribution is 2.32. The van der Waals surface area contributed by atoms with E-state index in [0.29, 0.717) is 30.0 Å². The number of ether oxygens (including phenoxy) is 1. The number of para-hydroxylation sites is 1. The SMILES string of the molecule is Cc1cnc(Nc2cc(C)n(C)n2)nc1-c1c[nH]c2c(CN3CCC(Oc4cncc(NCCO)n4)C3)cccc12. The summed E-state index contributed by atoms with van der Waals surface area (Å²) in [5.74, 6) is 2.31. The topological polar surface area (TPSA) is 142 Å². The molecule has 1 aliphatic heterocycles. The highest BCUT2D eigenvalue weighted by molar-refractivity contribution is 5.97. The molecule has 1 fully saturated rings. The number of hydrogen-bond donors (Lipinski definition) is 4. The van der Waals surface area contributed by atoms with Gasteiger partial charge in [0.05, 0.1) is 30.2 Å². The minimum Gasteiger partial charge on any atom is -0.472 e. The minimum absolute atomic E-state index is 0.0298. The second-order valence-corrected chi connectivity index (χ2v) is 10.3. The van der Waals surface area contributed by atoms with E-state index in [1.807, 2.05) is 44.0 Å². The predicted octanol–water partition coefficient (Wildman–Crippen LogP) is 3.57. The van der Waals surface area contributed by atoms with E-state index in [0.717, 1.165) is 59.5 Å². The summed E-state index contributed by atoms with van der Waals surface area (Å²) in [5.41, 5.74) is 6.29. The third-order valence-electron chi connectivity index (χ3n) is 7.32. The van der Waals surface area contributed by atoms with E-state index in [4.69, 9.17) is 14.8 Å². The summed E-state index contributed by atoms with van der Waals surface area (Å²) in [7, 11) is 1.91. The van der Waals surface area contributed by atoms with Crippen LogP contribution in [0.4, 0.5) is 17.6 Å². The molecule has 1 saturated heterocycles. The average Bonchev–Trinajstić information content (AvgIpc) is 3.68. The molecule has 1 aromatic carbocycles. The third kappa shape index (κ3) is 5.83. The number of rotatable bonds is 10. The van der Waals surface area contributed by atoms with Gasteiger partial charge in [0, 0.05) is 68.3 Å². The minimum atomic E-state index is 0.0298. The van der Waals surface area contributed by atoms with Gasteiger partial charge in [0.1, 0.15) is 11.9 Å². The quantitative estimate of drug-likeness (QED) is 0.202. The van der Waals surface area contributed by atoms with E-state index < -0.39 is 0 Å². The number of nitrogens with one attached hydrogen (secondary N) is 3. The van der Waals surface area contributed by atoms with Crippen LogP contribution in [0.3, 0.4) is 0 Å². The van der Waals surface area contributed by atoms with Crippen LogP contribution in [-0.2, 0) is 13.6 Å². The summed E-state index contributed by atoms with van der Waals surface area (Å²) >= 11 is 0. The molecule has 0 amide bonds. The Kier molecular flexibility index (Phi) is 7.49. The molecule has 5 aromatic rings. The molecule has 4 aromatic heterocycles. The number of fused-ring (bicyclic) bond motifs is 1. The van der Waals surface area contributed by atoms with Gasteiger partial charge < -0.3 is 25.5 Å². The van der Waals surface area contributed by atoms with Gasteiger partial charge in [-0.05, 0) is 31.4 Å². The normalized spacial score (nSPS) is 15.5. The van der Waals surface area contributed by atoms with E-state index >= 15 is 0 Å². The number of H-pyrrole nitrogens is 1. The molecule has 0 bridgehead atoms. The molecular formula is C29H34N10O2. The Balaban J connectivity index is 1.16. The van der Waals surface area contributed by atoms with Gasteiger partial charge >= 0.3 is 0 Å². The molecule has 0 saturated carbocycles. The summed E-state index contributed by atoms with van der Waals surface area (Å²) < 4.78 is 7.95. The van der Waals surface area contributed by atoms with E-state index in [1.165, 1.54) is 5.56 Å². The first-order chi connectivity index (χ1) is 20.0. The van der Waals surface area contributed by atoms with Crippen LogP contribution in [0.2, 0.25) is 0 Å². The maximum Gasteiger partial charge on any atom is 0.234 e. The van der Waals surface area contributed by atoms with Gasteiger partial charge in [-0.25, -0.2) is 9.97 Å². The molecule has 12 nitrogen and oxygen atoms in total. The van der Waals surface area contributed by atoms with Crippen LogP contribution in [0.15, 0.2) is 49.1 Å². The van der Waals surface area contributed by atoms with Gasteiger partial charge in [0.2, 0.25) is 11.8 Å². The van der Waals surface area contributed by atoms with Crippen LogP contribution < -0.4 is 15.4 Å². The first-order valence-corrected chi connectivity index (χ1v) is 13.7. The Morgan fingerprint density at radius 3 is 2.88 bits per heavy atom. The van der Waals surface area contributed by atoms with E-state index in [-0.39, 0.29) is 12.7 Å². The largest absolute Gasteiger partial charge is 0.472 e. The number of aryl methyl sites for hydroxylation is 3. The summed E-state index contributed by atoms with van der Waals surface area (Å²) in [6.45, 7) is 7.01. The average molecular weight is 555 g/mol. The number of likely N-dealkylation sites (tertiary alicyclic amines) is 1. The fraction of sp³-hybridized carbons (Fsp3) is 0.345. The molecule has 12 heteroatoms. The van der Waals surface area contributed by atoms with Crippen molar-refractivity contribution in [1.29, 1.82) is 0 Å². The van der Waals surface area contributed by atoms with E-state index in [9.17, 15) is 0 Å². The summed E-state index contributed by atoms with van der Waals surface area (Å²) in [6.07, 6.45) is 8.07. The van der Waals surface area contributed by atoms with Gasteiger partial charge in [-0.3, -0.25) is 14.6 Å². The number of benzene rings is 1. The van der Waals surface area contributed by atoms with Crippen LogP contribution in [0, 0.1) is 13.8 Å². The van der Waals surface area contributed by atoms with Crippen molar-refractivity contribution in [3.63, 3.8) is 0 Å². The van der Waals surface area contributed by atoms with Crippen LogP contribution in [0.25, 0.3) is 22.2 Å². The summed E-state index contributed by atoms with van der Waals surface area (Å²) in [4.78, 5) is 23.9. The zero-order valence-corrected chi connectivity index (χ0v) is 23.4. The molecule has 0 radical (unpaired) electrons. The Morgan fingerprint density at radius 2 is 2.05 bits per heavy atom. The lowest BCUT2D eigenvalue weighted by atomic mass is 10.0. The van der Waals surface area contributed by atoms with Crippen LogP contribution in [-0.4, -0.2) is 77.1 Å². The molecule has 6 rings (SSSR count). The molecule has 1 aliphatic rings. The smallest absolute Gasteiger partial charge is 0.234 e. The number of hydrogen-bond acceptors (Lipinski definition) is 10. The second-order valence-electron chi connectivity index (χ2n) is 10.3. The van der Waals surface area contributed by atoms with Crippen molar-refractivity contribution in [2.45, 2.75) is 32.9 Å². The molecule has 41 heavy (non-hydrogen) atoms. The monoisotopic (exact) mass is 554 g/mol. The first-order valence-electron chi connectivity index (χ1n) is 13.7. The molecule has 0 aliphatic carbocycles. The molecule has 1 unspecified atom stereocenters. The maximum atomic E-state index is 9.02. The number of aromatic nitrogens is 7. The molecule has 212 valence electrons. The predicted molar refractivity (Wildman–Crippen MR) is 157 cm³/mol. The van der Waals surface area contributed by atoms with E-state index in [1.54, 1.807) is 12.4 Å². The Morgan fingerprint density at radius 1 is 1.15 bits per heavy atom. The van der Waals surface area contributed by atoms with Crippen LogP contribution in [0.1, 0.15) is 23.2 Å². The Hall–Kier alpha value is -4.55. The fourth-order valence-corrected chi connectivity index (χ4v) is 5.18. The molecule has 4 N–H and O–H groups in total. The molecule has 0 spiro atoms.